The van der Waals surface area contributed by atoms with Gasteiger partial charge in [-0.3, -0.25) is 0 Å². The molecular weight excluding hydrogens is 452 g/mol. The Morgan fingerprint density at radius 3 is 1.94 bits per heavy atom. The third-order valence-electron chi connectivity index (χ3n) is 5.21. The fraction of sp³-hybridized carbons (Fsp3) is 0.739. The van der Waals surface area contributed by atoms with Crippen molar-refractivity contribution in [3.63, 3.8) is 0 Å². The fourth-order valence-corrected chi connectivity index (χ4v) is 2.82. The second-order valence-corrected chi connectivity index (χ2v) is 7.33. The van der Waals surface area contributed by atoms with Gasteiger partial charge in [-0.1, -0.05) is 11.6 Å². The molecule has 0 heterocycles. The molecule has 4 atom stereocenters. The second kappa shape index (κ2) is 17.0. The van der Waals surface area contributed by atoms with Gasteiger partial charge in [0.25, 0.3) is 0 Å². The first-order valence-corrected chi connectivity index (χ1v) is 10.7. The van der Waals surface area contributed by atoms with E-state index in [4.69, 9.17) is 43.0 Å². The number of ether oxygens (including phenoxy) is 8. The lowest BCUT2D eigenvalue weighted by molar-refractivity contribution is -0.230. The average Bonchev–Trinajstić information content (AvgIpc) is 2.85. The van der Waals surface area contributed by atoms with Crippen LogP contribution in [0, 0.1) is 0 Å². The van der Waals surface area contributed by atoms with Gasteiger partial charge in [-0.15, -0.1) is 0 Å². The standard InChI is InChI=1S/C15H24O6.C8H18O5/c1-9(8-16)6-7-11-10(2)15(18,21-5)14(20-4)13(19-3)12(11)17;1-7(9-3)12-5-11-6-13-8(2)10-4/h6,14,16-18H,7-8H2,1-5H3;7-8H,5-6H2,1-4H3. The first kappa shape index (κ1) is 32.5. The van der Waals surface area contributed by atoms with Crippen LogP contribution in [0.5, 0.6) is 0 Å². The molecule has 0 aromatic rings. The summed E-state index contributed by atoms with van der Waals surface area (Å²) in [6, 6.07) is 0. The Bertz CT molecular complexity index is 662. The van der Waals surface area contributed by atoms with E-state index in [2.05, 4.69) is 0 Å². The highest BCUT2D eigenvalue weighted by molar-refractivity contribution is 5.44. The van der Waals surface area contributed by atoms with E-state index < -0.39 is 11.9 Å². The number of methoxy groups -OCH3 is 5. The topological polar surface area (TPSA) is 135 Å². The van der Waals surface area contributed by atoms with Crippen LogP contribution in [0.2, 0.25) is 0 Å². The molecule has 1 rings (SSSR count). The van der Waals surface area contributed by atoms with E-state index in [1.807, 2.05) is 0 Å². The molecular formula is C23H42O11. The lowest BCUT2D eigenvalue weighted by Crippen LogP contribution is -2.50. The Labute approximate surface area is 202 Å². The van der Waals surface area contributed by atoms with E-state index in [0.717, 1.165) is 5.57 Å². The van der Waals surface area contributed by atoms with Gasteiger partial charge in [0.05, 0.1) is 13.7 Å². The van der Waals surface area contributed by atoms with Crippen LogP contribution in [0.3, 0.4) is 0 Å². The maximum absolute atomic E-state index is 10.7. The molecule has 4 unspecified atom stereocenters. The summed E-state index contributed by atoms with van der Waals surface area (Å²) in [5.74, 6) is -1.69. The molecule has 0 spiro atoms. The van der Waals surface area contributed by atoms with Crippen LogP contribution in [-0.2, 0) is 37.9 Å². The van der Waals surface area contributed by atoms with Crippen LogP contribution in [0.4, 0.5) is 0 Å². The molecule has 3 N–H and O–H groups in total. The van der Waals surface area contributed by atoms with Crippen molar-refractivity contribution in [2.45, 2.75) is 58.6 Å². The van der Waals surface area contributed by atoms with E-state index in [9.17, 15) is 10.2 Å². The monoisotopic (exact) mass is 494 g/mol. The van der Waals surface area contributed by atoms with Crippen molar-refractivity contribution in [1.82, 2.24) is 0 Å². The normalized spacial score (nSPS) is 22.9. The Morgan fingerprint density at radius 1 is 1.03 bits per heavy atom. The van der Waals surface area contributed by atoms with Crippen LogP contribution in [-0.4, -0.2) is 95.5 Å². The van der Waals surface area contributed by atoms with E-state index in [-0.39, 0.29) is 44.3 Å². The van der Waals surface area contributed by atoms with Gasteiger partial charge in [-0.25, -0.2) is 0 Å². The summed E-state index contributed by atoms with van der Waals surface area (Å²) in [6.07, 6.45) is 0.615. The molecule has 0 fully saturated rings. The van der Waals surface area contributed by atoms with Crippen molar-refractivity contribution in [3.8, 4) is 0 Å². The summed E-state index contributed by atoms with van der Waals surface area (Å²) < 4.78 is 40.3. The first-order valence-electron chi connectivity index (χ1n) is 10.7. The largest absolute Gasteiger partial charge is 0.504 e. The molecule has 0 saturated carbocycles. The number of hydrogen-bond acceptors (Lipinski definition) is 11. The summed E-state index contributed by atoms with van der Waals surface area (Å²) in [4.78, 5) is 0. The second-order valence-electron chi connectivity index (χ2n) is 7.33. The van der Waals surface area contributed by atoms with Gasteiger partial charge in [-0.05, 0) is 39.7 Å². The smallest absolute Gasteiger partial charge is 0.223 e. The SMILES string of the molecule is COC(C)OCOCOC(C)OC.COC1=C(O)C(CC=C(C)CO)=C(C)C(O)(OC)C1OC. The molecule has 1 aliphatic carbocycles. The van der Waals surface area contributed by atoms with Gasteiger partial charge in [-0.2, -0.15) is 0 Å². The van der Waals surface area contributed by atoms with Gasteiger partial charge in [0.1, 0.15) is 0 Å². The number of aliphatic hydroxyl groups excluding tert-OH is 2. The highest BCUT2D eigenvalue weighted by Crippen LogP contribution is 2.40. The molecule has 34 heavy (non-hydrogen) atoms. The Hall–Kier alpha value is -1.54. The number of allylic oxidation sites excluding steroid dienone is 2. The van der Waals surface area contributed by atoms with Crippen molar-refractivity contribution < 1.29 is 53.2 Å². The average molecular weight is 495 g/mol. The highest BCUT2D eigenvalue weighted by Gasteiger charge is 2.48. The molecule has 0 amide bonds. The van der Waals surface area contributed by atoms with Gasteiger partial charge >= 0.3 is 0 Å². The first-order chi connectivity index (χ1) is 16.1. The Balaban J connectivity index is 0.000000722. The molecule has 200 valence electrons. The van der Waals surface area contributed by atoms with Gasteiger partial charge in [0, 0.05) is 34.0 Å². The van der Waals surface area contributed by atoms with Crippen LogP contribution in [0.15, 0.2) is 34.3 Å². The minimum absolute atomic E-state index is 0.0663. The maximum atomic E-state index is 10.7. The van der Waals surface area contributed by atoms with E-state index >= 15 is 0 Å². The molecule has 0 aromatic carbocycles. The zero-order chi connectivity index (χ0) is 26.3. The Kier molecular flexibility index (Phi) is 16.2. The predicted octanol–water partition coefficient (Wildman–Crippen LogP) is 2.35. The number of aliphatic hydroxyl groups is 3. The van der Waals surface area contributed by atoms with E-state index in [1.165, 1.54) is 21.3 Å². The van der Waals surface area contributed by atoms with Crippen LogP contribution in [0.25, 0.3) is 0 Å². The fourth-order valence-electron chi connectivity index (χ4n) is 2.82. The minimum Gasteiger partial charge on any atom is -0.504 e. The van der Waals surface area contributed by atoms with Gasteiger partial charge in [0.2, 0.25) is 5.79 Å². The van der Waals surface area contributed by atoms with Crippen LogP contribution >= 0.6 is 0 Å². The summed E-state index contributed by atoms with van der Waals surface area (Å²) in [7, 11) is 7.27. The summed E-state index contributed by atoms with van der Waals surface area (Å²) in [5, 5.41) is 30.1. The zero-order valence-electron chi connectivity index (χ0n) is 21.7. The molecule has 0 bridgehead atoms. The Morgan fingerprint density at radius 2 is 1.56 bits per heavy atom. The maximum Gasteiger partial charge on any atom is 0.223 e. The lowest BCUT2D eigenvalue weighted by atomic mass is 9.86. The van der Waals surface area contributed by atoms with Crippen LogP contribution < -0.4 is 0 Å². The highest BCUT2D eigenvalue weighted by atomic mass is 16.8. The van der Waals surface area contributed by atoms with Gasteiger partial charge < -0.3 is 53.2 Å². The number of hydrogen-bond donors (Lipinski definition) is 3. The van der Waals surface area contributed by atoms with Crippen molar-refractivity contribution in [2.24, 2.45) is 0 Å². The molecule has 0 radical (unpaired) electrons. The predicted molar refractivity (Wildman–Crippen MR) is 124 cm³/mol. The van der Waals surface area contributed by atoms with Crippen molar-refractivity contribution in [3.05, 3.63) is 34.3 Å². The third kappa shape index (κ3) is 9.61. The summed E-state index contributed by atoms with van der Waals surface area (Å²) in [6.45, 7) is 7.22. The minimum atomic E-state index is -1.72. The van der Waals surface area contributed by atoms with Crippen LogP contribution in [0.1, 0.15) is 34.1 Å². The summed E-state index contributed by atoms with van der Waals surface area (Å²) in [5.41, 5.74) is 1.69. The van der Waals surface area contributed by atoms with Crippen molar-refractivity contribution in [1.29, 1.82) is 0 Å². The molecule has 11 heteroatoms. The third-order valence-corrected chi connectivity index (χ3v) is 5.21. The lowest BCUT2D eigenvalue weighted by Gasteiger charge is -2.39. The summed E-state index contributed by atoms with van der Waals surface area (Å²) >= 11 is 0. The number of rotatable bonds is 14. The van der Waals surface area contributed by atoms with Crippen molar-refractivity contribution >= 4 is 0 Å². The molecule has 11 nitrogen and oxygen atoms in total. The zero-order valence-corrected chi connectivity index (χ0v) is 21.7. The van der Waals surface area contributed by atoms with Gasteiger partial charge in [0.15, 0.2) is 43.8 Å². The molecule has 0 saturated heterocycles. The van der Waals surface area contributed by atoms with E-state index in [1.54, 1.807) is 48.0 Å². The van der Waals surface area contributed by atoms with Crippen molar-refractivity contribution in [2.75, 3.05) is 55.7 Å². The van der Waals surface area contributed by atoms with E-state index in [0.29, 0.717) is 17.6 Å². The molecule has 0 aliphatic heterocycles. The quantitative estimate of drug-likeness (QED) is 0.187. The molecule has 1 aliphatic rings. The molecule has 0 aromatic heterocycles.